The number of hydrogen-bond donors (Lipinski definition) is 1. The van der Waals surface area contributed by atoms with Crippen LogP contribution in [0.15, 0.2) is 6.07 Å². The molecule has 2 rings (SSSR count). The summed E-state index contributed by atoms with van der Waals surface area (Å²) in [5.74, 6) is 0.595. The van der Waals surface area contributed by atoms with Gasteiger partial charge < -0.3 is 10.1 Å². The number of hydrogen-bond acceptors (Lipinski definition) is 4. The number of ether oxygens (including phenoxy) is 1. The van der Waals surface area contributed by atoms with Crippen LogP contribution in [0.3, 0.4) is 0 Å². The molecule has 1 heterocycles. The molecule has 4 nitrogen and oxygen atoms in total. The standard InChI is InChI=1S/C14H20F3N3O/c1-3-18-13-19-11(14(15,16)17)8-12(20-13)21-10-6-4-9(2)5-7-10/h8-10H,3-7H2,1-2H3,(H,18,19,20). The van der Waals surface area contributed by atoms with Gasteiger partial charge in [0.05, 0.1) is 0 Å². The minimum absolute atomic E-state index is 0.00664. The summed E-state index contributed by atoms with van der Waals surface area (Å²) in [6.07, 6.45) is -0.811. The van der Waals surface area contributed by atoms with Gasteiger partial charge in [-0.1, -0.05) is 6.92 Å². The molecule has 0 spiro atoms. The minimum Gasteiger partial charge on any atom is -0.474 e. The third-order valence-electron chi connectivity index (χ3n) is 3.58. The summed E-state index contributed by atoms with van der Waals surface area (Å²) >= 11 is 0. The molecule has 1 N–H and O–H groups in total. The molecule has 0 atom stereocenters. The molecule has 1 aromatic rings. The van der Waals surface area contributed by atoms with Gasteiger partial charge >= 0.3 is 6.18 Å². The third kappa shape index (κ3) is 4.47. The fourth-order valence-corrected chi connectivity index (χ4v) is 2.39. The molecule has 0 aromatic carbocycles. The first-order valence-corrected chi connectivity index (χ1v) is 7.25. The summed E-state index contributed by atoms with van der Waals surface area (Å²) in [5, 5.41) is 2.70. The van der Waals surface area contributed by atoms with Crippen LogP contribution in [0.5, 0.6) is 5.88 Å². The maximum absolute atomic E-state index is 12.8. The van der Waals surface area contributed by atoms with Gasteiger partial charge in [0.1, 0.15) is 6.10 Å². The van der Waals surface area contributed by atoms with Gasteiger partial charge in [0.15, 0.2) is 5.69 Å². The van der Waals surface area contributed by atoms with Gasteiger partial charge in [-0.2, -0.15) is 18.2 Å². The van der Waals surface area contributed by atoms with E-state index in [4.69, 9.17) is 4.74 Å². The summed E-state index contributed by atoms with van der Waals surface area (Å²) in [7, 11) is 0. The van der Waals surface area contributed by atoms with Gasteiger partial charge in [-0.05, 0) is 38.5 Å². The number of nitrogens with zero attached hydrogens (tertiary/aromatic N) is 2. The molecule has 0 aliphatic heterocycles. The van der Waals surface area contributed by atoms with Crippen LogP contribution in [-0.4, -0.2) is 22.6 Å². The number of rotatable bonds is 4. The van der Waals surface area contributed by atoms with Gasteiger partial charge in [0.25, 0.3) is 0 Å². The van der Waals surface area contributed by atoms with Crippen molar-refractivity contribution in [3.8, 4) is 5.88 Å². The zero-order valence-electron chi connectivity index (χ0n) is 12.2. The Labute approximate surface area is 122 Å². The van der Waals surface area contributed by atoms with Gasteiger partial charge in [-0.25, -0.2) is 4.98 Å². The Hall–Kier alpha value is -1.53. The van der Waals surface area contributed by atoms with E-state index in [2.05, 4.69) is 22.2 Å². The highest BCUT2D eigenvalue weighted by atomic mass is 19.4. The predicted octanol–water partition coefficient (Wildman–Crippen LogP) is 3.88. The van der Waals surface area contributed by atoms with Crippen molar-refractivity contribution in [3.05, 3.63) is 11.8 Å². The molecule has 21 heavy (non-hydrogen) atoms. The van der Waals surface area contributed by atoms with Gasteiger partial charge in [-0.15, -0.1) is 0 Å². The first-order valence-electron chi connectivity index (χ1n) is 7.25. The SMILES string of the molecule is CCNc1nc(OC2CCC(C)CC2)cc(C(F)(F)F)n1. The fraction of sp³-hybridized carbons (Fsp3) is 0.714. The lowest BCUT2D eigenvalue weighted by molar-refractivity contribution is -0.141. The summed E-state index contributed by atoms with van der Waals surface area (Å²) < 4.78 is 44.2. The van der Waals surface area contributed by atoms with E-state index < -0.39 is 11.9 Å². The molecule has 0 amide bonds. The Morgan fingerprint density at radius 2 is 1.90 bits per heavy atom. The average Bonchev–Trinajstić information content (AvgIpc) is 2.41. The fourth-order valence-electron chi connectivity index (χ4n) is 2.39. The zero-order chi connectivity index (χ0) is 15.5. The molecular formula is C14H20F3N3O. The number of nitrogens with one attached hydrogen (secondary N) is 1. The van der Waals surface area contributed by atoms with Gasteiger partial charge in [0, 0.05) is 12.6 Å². The van der Waals surface area contributed by atoms with Crippen molar-refractivity contribution in [1.82, 2.24) is 9.97 Å². The van der Waals surface area contributed by atoms with Crippen LogP contribution in [0.1, 0.15) is 45.2 Å². The van der Waals surface area contributed by atoms with Crippen LogP contribution in [0.2, 0.25) is 0 Å². The number of halogens is 3. The lowest BCUT2D eigenvalue weighted by atomic mass is 9.89. The first-order chi connectivity index (χ1) is 9.88. The normalized spacial score (nSPS) is 22.9. The zero-order valence-corrected chi connectivity index (χ0v) is 12.2. The molecule has 0 saturated heterocycles. The maximum Gasteiger partial charge on any atom is 0.433 e. The third-order valence-corrected chi connectivity index (χ3v) is 3.58. The molecule has 1 aliphatic rings. The summed E-state index contributed by atoms with van der Waals surface area (Å²) in [6.45, 7) is 4.39. The molecule has 0 bridgehead atoms. The maximum atomic E-state index is 12.8. The number of anilines is 1. The average molecular weight is 303 g/mol. The van der Waals surface area contributed by atoms with Gasteiger partial charge in [-0.3, -0.25) is 0 Å². The first kappa shape index (κ1) is 15.9. The predicted molar refractivity (Wildman–Crippen MR) is 73.2 cm³/mol. The number of aromatic nitrogens is 2. The lowest BCUT2D eigenvalue weighted by Crippen LogP contribution is -2.24. The van der Waals surface area contributed by atoms with Gasteiger partial charge in [0.2, 0.25) is 11.8 Å². The van der Waals surface area contributed by atoms with Crippen LogP contribution in [0.4, 0.5) is 19.1 Å². The quantitative estimate of drug-likeness (QED) is 0.917. The van der Waals surface area contributed by atoms with Crippen molar-refractivity contribution in [3.63, 3.8) is 0 Å². The van der Waals surface area contributed by atoms with Crippen molar-refractivity contribution in [1.29, 1.82) is 0 Å². The molecule has 118 valence electrons. The Morgan fingerprint density at radius 1 is 1.24 bits per heavy atom. The molecule has 0 radical (unpaired) electrons. The van der Waals surface area contributed by atoms with E-state index in [1.54, 1.807) is 6.92 Å². The molecule has 1 aliphatic carbocycles. The van der Waals surface area contributed by atoms with Crippen molar-refractivity contribution in [2.45, 2.75) is 51.8 Å². The van der Waals surface area contributed by atoms with Crippen molar-refractivity contribution >= 4 is 5.95 Å². The van der Waals surface area contributed by atoms with Crippen molar-refractivity contribution < 1.29 is 17.9 Å². The molecule has 1 aromatic heterocycles. The van der Waals surface area contributed by atoms with Crippen LogP contribution < -0.4 is 10.1 Å². The smallest absolute Gasteiger partial charge is 0.433 e. The molecule has 7 heteroatoms. The minimum atomic E-state index is -4.51. The summed E-state index contributed by atoms with van der Waals surface area (Å²) in [6, 6.07) is 0.874. The summed E-state index contributed by atoms with van der Waals surface area (Å²) in [5.41, 5.74) is -0.979. The van der Waals surface area contributed by atoms with Crippen LogP contribution in [0.25, 0.3) is 0 Å². The van der Waals surface area contributed by atoms with E-state index in [1.807, 2.05) is 0 Å². The Morgan fingerprint density at radius 3 is 2.48 bits per heavy atom. The van der Waals surface area contributed by atoms with E-state index in [-0.39, 0.29) is 17.9 Å². The van der Waals surface area contributed by atoms with Crippen LogP contribution in [0, 0.1) is 5.92 Å². The Balaban J connectivity index is 2.15. The largest absolute Gasteiger partial charge is 0.474 e. The topological polar surface area (TPSA) is 47.0 Å². The van der Waals surface area contributed by atoms with E-state index in [9.17, 15) is 13.2 Å². The monoisotopic (exact) mass is 303 g/mol. The second-order valence-corrected chi connectivity index (χ2v) is 5.44. The molecule has 1 saturated carbocycles. The summed E-state index contributed by atoms with van der Waals surface area (Å²) in [4.78, 5) is 7.48. The molecule has 1 fully saturated rings. The number of alkyl halides is 3. The lowest BCUT2D eigenvalue weighted by Gasteiger charge is -2.26. The van der Waals surface area contributed by atoms with Crippen LogP contribution >= 0.6 is 0 Å². The van der Waals surface area contributed by atoms with Crippen molar-refractivity contribution in [2.75, 3.05) is 11.9 Å². The second kappa shape index (κ2) is 6.49. The van der Waals surface area contributed by atoms with Crippen LogP contribution in [-0.2, 0) is 6.18 Å². The van der Waals surface area contributed by atoms with E-state index >= 15 is 0 Å². The second-order valence-electron chi connectivity index (χ2n) is 5.44. The molecular weight excluding hydrogens is 283 g/mol. The highest BCUT2D eigenvalue weighted by Crippen LogP contribution is 2.32. The van der Waals surface area contributed by atoms with Crippen molar-refractivity contribution in [2.24, 2.45) is 5.92 Å². The highest BCUT2D eigenvalue weighted by Gasteiger charge is 2.34. The molecule has 0 unspecified atom stereocenters. The Kier molecular flexibility index (Phi) is 4.90. The van der Waals surface area contributed by atoms with E-state index in [0.29, 0.717) is 12.5 Å². The highest BCUT2D eigenvalue weighted by molar-refractivity contribution is 5.32. The Bertz CT molecular complexity index is 471. The van der Waals surface area contributed by atoms with E-state index in [1.165, 1.54) is 0 Å². The van der Waals surface area contributed by atoms with E-state index in [0.717, 1.165) is 31.7 Å².